The molecule has 2 aromatic heterocycles. The normalized spacial score (nSPS) is 14.8. The average Bonchev–Trinajstić information content (AvgIpc) is 3.77. The molecule has 5 aromatic rings. The van der Waals surface area contributed by atoms with E-state index < -0.39 is 0 Å². The Morgan fingerprint density at radius 1 is 0.875 bits per heavy atom. The van der Waals surface area contributed by atoms with Gasteiger partial charge in [-0.05, 0) is 64.4 Å². The molecule has 1 saturated carbocycles. The Morgan fingerprint density at radius 2 is 1.56 bits per heavy atom. The zero-order chi connectivity index (χ0) is 34.7. The van der Waals surface area contributed by atoms with Crippen LogP contribution in [0, 0.1) is 5.92 Å². The summed E-state index contributed by atoms with van der Waals surface area (Å²) in [6.45, 7) is 10.2. The molecule has 48 heavy (non-hydrogen) atoms. The molecule has 1 aliphatic carbocycles. The molecule has 2 heterocycles. The van der Waals surface area contributed by atoms with Crippen LogP contribution in [-0.4, -0.2) is 40.5 Å². The van der Waals surface area contributed by atoms with Gasteiger partial charge in [0.1, 0.15) is 29.3 Å². The van der Waals surface area contributed by atoms with Crippen LogP contribution < -0.4 is 14.8 Å². The molecule has 0 radical (unpaired) electrons. The van der Waals surface area contributed by atoms with Crippen molar-refractivity contribution in [3.63, 3.8) is 0 Å². The Morgan fingerprint density at radius 3 is 2.19 bits per heavy atom. The van der Waals surface area contributed by atoms with Gasteiger partial charge in [0, 0.05) is 41.5 Å². The van der Waals surface area contributed by atoms with Gasteiger partial charge < -0.3 is 29.2 Å². The fourth-order valence-corrected chi connectivity index (χ4v) is 6.17. The van der Waals surface area contributed by atoms with Crippen molar-refractivity contribution >= 4 is 32.8 Å². The molecule has 1 aliphatic rings. The van der Waals surface area contributed by atoms with Crippen molar-refractivity contribution in [2.75, 3.05) is 26.1 Å². The molecule has 8 nitrogen and oxygen atoms in total. The summed E-state index contributed by atoms with van der Waals surface area (Å²) in [6, 6.07) is 26.1. The van der Waals surface area contributed by atoms with Gasteiger partial charge in [-0.3, -0.25) is 0 Å². The van der Waals surface area contributed by atoms with Crippen LogP contribution in [0.5, 0.6) is 11.5 Å². The topological polar surface area (TPSA) is 90.7 Å². The largest absolute Gasteiger partial charge is 0.497 e. The first-order valence-corrected chi connectivity index (χ1v) is 17.6. The number of benzene rings is 3. The van der Waals surface area contributed by atoms with Gasteiger partial charge in [-0.15, -0.1) is 0 Å². The minimum absolute atomic E-state index is 0.140. The number of methoxy groups -OCH3 is 2. The molecule has 3 aromatic carbocycles. The number of anilines is 1. The standard InChI is InChI=1S/C28H31BrN4O3.C7H8O.2C2H6/c1-34-23-11-9-21(25(13-23)35-2)14-30-27-26-24(29)15-33(28(26)32-18-31-27)22-10-8-20(12-22)17-36-16-19-6-4-3-5-7-19;8-6-7-4-2-1-3-5-7;2*1-2/h3-7,9,11,13,15,18,20,22H,8,10,12,14,16-17H2,1-2H3,(H,30,31,32);1-5,8H,6H2;2*1-2H3. The van der Waals surface area contributed by atoms with Gasteiger partial charge in [0.2, 0.25) is 0 Å². The summed E-state index contributed by atoms with van der Waals surface area (Å²) in [4.78, 5) is 9.20. The van der Waals surface area contributed by atoms with Crippen LogP contribution in [0.3, 0.4) is 0 Å². The molecule has 6 rings (SSSR count). The highest BCUT2D eigenvalue weighted by Gasteiger charge is 2.28. The first-order chi connectivity index (χ1) is 23.6. The SMILES string of the molecule is CC.CC.COc1ccc(CNc2ncnc3c2c(Br)cn3C2CCC(COCc3ccccc3)C2)c(OC)c1.OCc1ccccc1. The Hall–Kier alpha value is -3.92. The zero-order valence-electron chi connectivity index (χ0n) is 29.2. The zero-order valence-corrected chi connectivity index (χ0v) is 30.7. The molecule has 258 valence electrons. The number of halogens is 1. The fraction of sp³-hybridized carbons (Fsp3) is 0.385. The summed E-state index contributed by atoms with van der Waals surface area (Å²) in [5, 5.41) is 13.0. The third kappa shape index (κ3) is 10.8. The van der Waals surface area contributed by atoms with E-state index in [1.807, 2.05) is 82.3 Å². The van der Waals surface area contributed by atoms with Crippen molar-refractivity contribution < 1.29 is 19.3 Å². The quantitative estimate of drug-likeness (QED) is 0.141. The highest BCUT2D eigenvalue weighted by atomic mass is 79.9. The molecule has 2 unspecified atom stereocenters. The average molecular weight is 720 g/mol. The van der Waals surface area contributed by atoms with Crippen molar-refractivity contribution in [3.05, 3.63) is 113 Å². The van der Waals surface area contributed by atoms with E-state index in [1.165, 1.54) is 5.56 Å². The Kier molecular flexibility index (Phi) is 17.0. The molecule has 1 fully saturated rings. The molecule has 2 atom stereocenters. The summed E-state index contributed by atoms with van der Waals surface area (Å²) in [6.07, 6.45) is 7.14. The van der Waals surface area contributed by atoms with Crippen molar-refractivity contribution in [2.24, 2.45) is 5.92 Å². The predicted molar refractivity (Wildman–Crippen MR) is 200 cm³/mol. The molecular weight excluding hydrogens is 668 g/mol. The molecule has 0 spiro atoms. The van der Waals surface area contributed by atoms with E-state index in [0.29, 0.717) is 25.1 Å². The number of nitrogens with one attached hydrogen (secondary N) is 1. The summed E-state index contributed by atoms with van der Waals surface area (Å²) in [7, 11) is 3.32. The molecular formula is C39H51BrN4O4. The van der Waals surface area contributed by atoms with Crippen LogP contribution in [0.15, 0.2) is 95.9 Å². The second-order valence-corrected chi connectivity index (χ2v) is 11.7. The summed E-state index contributed by atoms with van der Waals surface area (Å²) in [5.74, 6) is 2.89. The van der Waals surface area contributed by atoms with Gasteiger partial charge in [-0.1, -0.05) is 88.4 Å². The highest BCUT2D eigenvalue weighted by molar-refractivity contribution is 9.10. The number of nitrogens with zero attached hydrogens (tertiary/aromatic N) is 3. The van der Waals surface area contributed by atoms with Crippen LogP contribution in [0.4, 0.5) is 5.82 Å². The monoisotopic (exact) mass is 718 g/mol. The van der Waals surface area contributed by atoms with Crippen molar-refractivity contribution in [1.82, 2.24) is 14.5 Å². The maximum absolute atomic E-state index is 8.54. The summed E-state index contributed by atoms with van der Waals surface area (Å²) >= 11 is 3.77. The van der Waals surface area contributed by atoms with E-state index in [-0.39, 0.29) is 6.61 Å². The summed E-state index contributed by atoms with van der Waals surface area (Å²) < 4.78 is 20.2. The fourth-order valence-electron chi connectivity index (χ4n) is 5.58. The number of aliphatic hydroxyl groups excluding tert-OH is 1. The van der Waals surface area contributed by atoms with Crippen molar-refractivity contribution in [3.8, 4) is 11.5 Å². The van der Waals surface area contributed by atoms with Crippen LogP contribution in [0.2, 0.25) is 0 Å². The van der Waals surface area contributed by atoms with Crippen molar-refractivity contribution in [2.45, 2.75) is 72.8 Å². The lowest BCUT2D eigenvalue weighted by molar-refractivity contribution is 0.0877. The number of aliphatic hydroxyl groups is 1. The molecule has 0 saturated heterocycles. The summed E-state index contributed by atoms with van der Waals surface area (Å²) in [5.41, 5.74) is 4.15. The lowest BCUT2D eigenvalue weighted by Gasteiger charge is -2.15. The third-order valence-corrected chi connectivity index (χ3v) is 8.50. The lowest BCUT2D eigenvalue weighted by atomic mass is 10.1. The number of aromatic nitrogens is 3. The predicted octanol–water partition coefficient (Wildman–Crippen LogP) is 9.61. The van der Waals surface area contributed by atoms with Gasteiger partial charge >= 0.3 is 0 Å². The van der Waals surface area contributed by atoms with E-state index in [0.717, 1.165) is 69.8 Å². The Labute approximate surface area is 294 Å². The number of hydrogen-bond acceptors (Lipinski definition) is 7. The third-order valence-electron chi connectivity index (χ3n) is 7.90. The van der Waals surface area contributed by atoms with Gasteiger partial charge in [0.05, 0.1) is 32.8 Å². The Balaban J connectivity index is 0.000000447. The van der Waals surface area contributed by atoms with Gasteiger partial charge in [-0.2, -0.15) is 0 Å². The second-order valence-electron chi connectivity index (χ2n) is 10.8. The highest BCUT2D eigenvalue weighted by Crippen LogP contribution is 2.40. The van der Waals surface area contributed by atoms with Crippen molar-refractivity contribution in [1.29, 1.82) is 0 Å². The van der Waals surface area contributed by atoms with Crippen LogP contribution in [0.25, 0.3) is 11.0 Å². The molecule has 0 aliphatic heterocycles. The number of rotatable bonds is 11. The van der Waals surface area contributed by atoms with Crippen LogP contribution >= 0.6 is 15.9 Å². The number of hydrogen-bond donors (Lipinski definition) is 2. The molecule has 9 heteroatoms. The molecule has 0 amide bonds. The van der Waals surface area contributed by atoms with Crippen LogP contribution in [-0.2, 0) is 24.5 Å². The maximum Gasteiger partial charge on any atom is 0.146 e. The first-order valence-electron chi connectivity index (χ1n) is 16.8. The number of ether oxygens (including phenoxy) is 3. The number of fused-ring (bicyclic) bond motifs is 1. The minimum atomic E-state index is 0.140. The van der Waals surface area contributed by atoms with Gasteiger partial charge in [0.25, 0.3) is 0 Å². The second kappa shape index (κ2) is 21.1. The minimum Gasteiger partial charge on any atom is -0.497 e. The molecule has 0 bridgehead atoms. The van der Waals surface area contributed by atoms with Gasteiger partial charge in [-0.25, -0.2) is 9.97 Å². The van der Waals surface area contributed by atoms with E-state index in [9.17, 15) is 0 Å². The lowest BCUT2D eigenvalue weighted by Crippen LogP contribution is -2.09. The van der Waals surface area contributed by atoms with E-state index >= 15 is 0 Å². The van der Waals surface area contributed by atoms with E-state index in [2.05, 4.69) is 66.2 Å². The maximum atomic E-state index is 8.54. The van der Waals surface area contributed by atoms with E-state index in [4.69, 9.17) is 19.3 Å². The van der Waals surface area contributed by atoms with Crippen LogP contribution in [0.1, 0.15) is 69.7 Å². The van der Waals surface area contributed by atoms with Gasteiger partial charge in [0.15, 0.2) is 0 Å². The smallest absolute Gasteiger partial charge is 0.146 e. The van der Waals surface area contributed by atoms with E-state index in [1.54, 1.807) is 20.5 Å². The first kappa shape index (κ1) is 38.5. The molecule has 2 N–H and O–H groups in total. The Bertz CT molecular complexity index is 1620.